The predicted octanol–water partition coefficient (Wildman–Crippen LogP) is 0.740. The van der Waals surface area contributed by atoms with E-state index in [1.807, 2.05) is 14.0 Å². The van der Waals surface area contributed by atoms with Gasteiger partial charge >= 0.3 is 0 Å². The van der Waals surface area contributed by atoms with Crippen molar-refractivity contribution in [3.63, 3.8) is 0 Å². The number of hydrogen-bond donors (Lipinski definition) is 0. The van der Waals surface area contributed by atoms with Crippen LogP contribution in [0.3, 0.4) is 0 Å². The van der Waals surface area contributed by atoms with Crippen LogP contribution in [0.4, 0.5) is 11.6 Å². The van der Waals surface area contributed by atoms with E-state index >= 15 is 0 Å². The number of likely N-dealkylation sites (N-methyl/N-ethyl adjacent to an activating group) is 1. The Kier molecular flexibility index (Phi) is 4.58. The molecule has 0 radical (unpaired) electrons. The fourth-order valence-electron chi connectivity index (χ4n) is 2.23. The van der Waals surface area contributed by atoms with E-state index in [0.717, 1.165) is 32.0 Å². The van der Waals surface area contributed by atoms with Crippen molar-refractivity contribution in [3.8, 4) is 6.07 Å². The van der Waals surface area contributed by atoms with Crippen LogP contribution in [0.25, 0.3) is 0 Å². The molecule has 2 heterocycles. The third-order valence-electron chi connectivity index (χ3n) is 3.33. The quantitative estimate of drug-likeness (QED) is 0.599. The number of hydrogen-bond acceptors (Lipinski definition) is 6. The molecule has 2 rings (SSSR count). The van der Waals surface area contributed by atoms with E-state index in [1.54, 1.807) is 4.68 Å². The maximum absolute atomic E-state index is 9.40. The molecule has 7 heteroatoms. The molecule has 20 heavy (non-hydrogen) atoms. The summed E-state index contributed by atoms with van der Waals surface area (Å²) in [5.41, 5.74) is 0.507. The monoisotopic (exact) mass is 276 g/mol. The first-order chi connectivity index (χ1) is 9.67. The van der Waals surface area contributed by atoms with Crippen LogP contribution >= 0.6 is 0 Å². The summed E-state index contributed by atoms with van der Waals surface area (Å²) in [5, 5.41) is 13.7. The third-order valence-corrected chi connectivity index (χ3v) is 3.33. The minimum Gasteiger partial charge on any atom is -0.483 e. The van der Waals surface area contributed by atoms with E-state index in [9.17, 15) is 5.26 Å². The summed E-state index contributed by atoms with van der Waals surface area (Å²) in [5.74, 6) is 1.25. The highest BCUT2D eigenvalue weighted by molar-refractivity contribution is 5.68. The van der Waals surface area contributed by atoms with Crippen LogP contribution in [0.2, 0.25) is 0 Å². The van der Waals surface area contributed by atoms with Crippen molar-refractivity contribution in [3.05, 3.63) is 5.56 Å². The molecule has 0 spiro atoms. The molecular weight excluding hydrogens is 256 g/mol. The zero-order valence-electron chi connectivity index (χ0n) is 12.2. The molecule has 1 saturated heterocycles. The first-order valence-electron chi connectivity index (χ1n) is 6.72. The van der Waals surface area contributed by atoms with Gasteiger partial charge in [0, 0.05) is 33.2 Å². The number of aliphatic imine (C=N–C) groups is 1. The highest BCUT2D eigenvalue weighted by Crippen LogP contribution is 2.28. The van der Waals surface area contributed by atoms with Gasteiger partial charge in [0.05, 0.1) is 6.61 Å². The van der Waals surface area contributed by atoms with Gasteiger partial charge < -0.3 is 14.5 Å². The fraction of sp³-hybridized carbons (Fsp3) is 0.615. The molecule has 1 aromatic heterocycles. The Morgan fingerprint density at radius 1 is 1.35 bits per heavy atom. The second-order valence-electron chi connectivity index (χ2n) is 4.74. The topological polar surface area (TPSA) is 69.7 Å². The maximum atomic E-state index is 9.40. The first-order valence-corrected chi connectivity index (χ1v) is 6.72. The van der Waals surface area contributed by atoms with Gasteiger partial charge in [-0.3, -0.25) is 0 Å². The van der Waals surface area contributed by atoms with Crippen LogP contribution in [0.1, 0.15) is 12.5 Å². The van der Waals surface area contributed by atoms with Crippen molar-refractivity contribution in [1.29, 1.82) is 5.26 Å². The molecule has 0 atom stereocenters. The van der Waals surface area contributed by atoms with E-state index < -0.39 is 0 Å². The summed E-state index contributed by atoms with van der Waals surface area (Å²) in [7, 11) is 3.94. The largest absolute Gasteiger partial charge is 0.483 e. The Morgan fingerprint density at radius 3 is 2.65 bits per heavy atom. The molecule has 7 nitrogen and oxygen atoms in total. The zero-order chi connectivity index (χ0) is 14.5. The van der Waals surface area contributed by atoms with Gasteiger partial charge in [-0.25, -0.2) is 4.68 Å². The van der Waals surface area contributed by atoms with Crippen molar-refractivity contribution in [2.45, 2.75) is 6.92 Å². The molecule has 0 aliphatic carbocycles. The highest BCUT2D eigenvalue weighted by Gasteiger charge is 2.23. The van der Waals surface area contributed by atoms with Crippen molar-refractivity contribution in [1.82, 2.24) is 14.7 Å². The lowest BCUT2D eigenvalue weighted by molar-refractivity contribution is 0.311. The summed E-state index contributed by atoms with van der Waals surface area (Å²) >= 11 is 0. The normalized spacial score (nSPS) is 16.6. The Bertz CT molecular complexity index is 522. The van der Waals surface area contributed by atoms with Crippen LogP contribution in [-0.4, -0.2) is 60.9 Å². The van der Waals surface area contributed by atoms with Crippen molar-refractivity contribution < 1.29 is 4.74 Å². The average Bonchev–Trinajstić information content (AvgIpc) is 2.76. The molecule has 0 N–H and O–H groups in total. The number of anilines is 1. The maximum Gasteiger partial charge on any atom is 0.196 e. The van der Waals surface area contributed by atoms with E-state index in [0.29, 0.717) is 18.0 Å². The summed E-state index contributed by atoms with van der Waals surface area (Å²) in [6.07, 6.45) is 1.34. The van der Waals surface area contributed by atoms with E-state index in [2.05, 4.69) is 33.0 Å². The molecule has 1 aliphatic rings. The van der Waals surface area contributed by atoms with Crippen LogP contribution in [0, 0.1) is 11.3 Å². The summed E-state index contributed by atoms with van der Waals surface area (Å²) < 4.78 is 6.80. The number of piperazine rings is 1. The number of ether oxygens (including phenoxy) is 1. The Labute approximate surface area is 119 Å². The smallest absolute Gasteiger partial charge is 0.196 e. The Hall–Kier alpha value is -2.07. The lowest BCUT2D eigenvalue weighted by atomic mass is 10.2. The van der Waals surface area contributed by atoms with Gasteiger partial charge in [0.1, 0.15) is 17.5 Å². The van der Waals surface area contributed by atoms with Crippen molar-refractivity contribution >= 4 is 18.0 Å². The molecule has 0 bridgehead atoms. The third kappa shape index (κ3) is 2.91. The van der Waals surface area contributed by atoms with Gasteiger partial charge in [-0.1, -0.05) is 0 Å². The molecule has 0 aromatic carbocycles. The van der Waals surface area contributed by atoms with Crippen LogP contribution in [0.5, 0.6) is 0 Å². The lowest BCUT2D eigenvalue weighted by Gasteiger charge is -2.33. The van der Waals surface area contributed by atoms with Crippen molar-refractivity contribution in [2.24, 2.45) is 12.0 Å². The van der Waals surface area contributed by atoms with E-state index in [1.165, 1.54) is 6.40 Å². The van der Waals surface area contributed by atoms with E-state index in [4.69, 9.17) is 4.74 Å². The van der Waals surface area contributed by atoms with Crippen LogP contribution < -0.4 is 4.90 Å². The summed E-state index contributed by atoms with van der Waals surface area (Å²) in [4.78, 5) is 8.58. The van der Waals surface area contributed by atoms with Crippen LogP contribution in [0.15, 0.2) is 4.99 Å². The number of nitrogens with zero attached hydrogens (tertiary/aromatic N) is 6. The molecule has 0 saturated carbocycles. The minimum absolute atomic E-state index is 0.414. The van der Waals surface area contributed by atoms with Gasteiger partial charge in [0.2, 0.25) is 0 Å². The fourth-order valence-corrected chi connectivity index (χ4v) is 2.23. The van der Waals surface area contributed by atoms with Gasteiger partial charge in [-0.15, -0.1) is 5.10 Å². The summed E-state index contributed by atoms with van der Waals surface area (Å²) in [6.45, 7) is 6.16. The second-order valence-corrected chi connectivity index (χ2v) is 4.74. The number of nitriles is 1. The standard InChI is InChI=1S/C13H20N6O/c1-4-20-10-15-12-11(9-14)13(18(3)16-12)19-7-5-17(2)6-8-19/h10H,4-8H2,1-3H3. The van der Waals surface area contributed by atoms with Gasteiger partial charge in [-0.2, -0.15) is 10.3 Å². The average molecular weight is 276 g/mol. The molecular formula is C13H20N6O. The molecule has 108 valence electrons. The SMILES string of the molecule is CCOC=Nc1nn(C)c(N2CCN(C)CC2)c1C#N. The van der Waals surface area contributed by atoms with Crippen LogP contribution in [-0.2, 0) is 11.8 Å². The van der Waals surface area contributed by atoms with E-state index in [-0.39, 0.29) is 0 Å². The molecule has 1 aliphatic heterocycles. The predicted molar refractivity (Wildman–Crippen MR) is 77.4 cm³/mol. The van der Waals surface area contributed by atoms with Gasteiger partial charge in [0.25, 0.3) is 0 Å². The van der Waals surface area contributed by atoms with Gasteiger partial charge in [0.15, 0.2) is 12.2 Å². The molecule has 1 fully saturated rings. The van der Waals surface area contributed by atoms with Crippen molar-refractivity contribution in [2.75, 3.05) is 44.7 Å². The second kappa shape index (κ2) is 6.39. The first kappa shape index (κ1) is 14.3. The molecule has 0 unspecified atom stereocenters. The number of rotatable bonds is 4. The Balaban J connectivity index is 2.27. The number of aryl methyl sites for hydroxylation is 1. The molecule has 1 aromatic rings. The number of aromatic nitrogens is 2. The lowest BCUT2D eigenvalue weighted by Crippen LogP contribution is -2.45. The summed E-state index contributed by atoms with van der Waals surface area (Å²) in [6, 6.07) is 2.21. The molecule has 0 amide bonds. The zero-order valence-corrected chi connectivity index (χ0v) is 12.2. The highest BCUT2D eigenvalue weighted by atomic mass is 16.5. The Morgan fingerprint density at radius 2 is 2.05 bits per heavy atom. The minimum atomic E-state index is 0.414. The van der Waals surface area contributed by atoms with Gasteiger partial charge in [-0.05, 0) is 14.0 Å².